The van der Waals surface area contributed by atoms with E-state index in [4.69, 9.17) is 20.3 Å². The molecule has 2 fully saturated rings. The topological polar surface area (TPSA) is 132 Å². The third kappa shape index (κ3) is 5.10. The van der Waals surface area contributed by atoms with Crippen molar-refractivity contribution >= 4 is 22.8 Å². The third-order valence-corrected chi connectivity index (χ3v) is 7.43. The average molecular weight is 554 g/mol. The van der Waals surface area contributed by atoms with Crippen molar-refractivity contribution in [2.45, 2.75) is 25.8 Å². The Morgan fingerprint density at radius 1 is 1.22 bits per heavy atom. The second kappa shape index (κ2) is 10.6. The molecular formula is C30H28FN7O3. The van der Waals surface area contributed by atoms with Crippen LogP contribution in [0, 0.1) is 22.6 Å². The first-order valence-corrected chi connectivity index (χ1v) is 13.4. The minimum Gasteiger partial charge on any atom is -0.457 e. The van der Waals surface area contributed by atoms with Crippen molar-refractivity contribution in [1.29, 1.82) is 5.26 Å². The number of nitriles is 1. The SMILES string of the molecule is CC1(C=C(C#N)C(=O)N2CCCC(n3nc(-c4ccc(Oc5ccccc5)cc4F)c4c(N)ncnc43)C2)COC1. The maximum atomic E-state index is 15.5. The summed E-state index contributed by atoms with van der Waals surface area (Å²) in [5.74, 6) is 0.250. The van der Waals surface area contributed by atoms with E-state index in [1.165, 1.54) is 12.4 Å². The summed E-state index contributed by atoms with van der Waals surface area (Å²) in [4.78, 5) is 23.6. The summed E-state index contributed by atoms with van der Waals surface area (Å²) >= 11 is 0. The second-order valence-electron chi connectivity index (χ2n) is 10.7. The smallest absolute Gasteiger partial charge is 0.264 e. The number of carbonyl (C=O) groups excluding carboxylic acids is 1. The number of aromatic nitrogens is 4. The van der Waals surface area contributed by atoms with E-state index in [-0.39, 0.29) is 34.3 Å². The highest BCUT2D eigenvalue weighted by Crippen LogP contribution is 2.37. The van der Waals surface area contributed by atoms with Crippen molar-refractivity contribution in [2.24, 2.45) is 5.41 Å². The van der Waals surface area contributed by atoms with Crippen molar-refractivity contribution in [3.63, 3.8) is 0 Å². The second-order valence-corrected chi connectivity index (χ2v) is 10.7. The van der Waals surface area contributed by atoms with E-state index in [0.717, 1.165) is 0 Å². The summed E-state index contributed by atoms with van der Waals surface area (Å²) in [6.45, 7) is 3.75. The zero-order valence-electron chi connectivity index (χ0n) is 22.5. The Hall–Kier alpha value is -4.82. The predicted molar refractivity (Wildman–Crippen MR) is 149 cm³/mol. The first kappa shape index (κ1) is 26.4. The number of anilines is 1. The van der Waals surface area contributed by atoms with Gasteiger partial charge in [-0.1, -0.05) is 31.2 Å². The largest absolute Gasteiger partial charge is 0.457 e. The van der Waals surface area contributed by atoms with Crippen LogP contribution in [0.25, 0.3) is 22.3 Å². The molecule has 2 aliphatic heterocycles. The molecule has 1 atom stereocenters. The number of fused-ring (bicyclic) bond motifs is 1. The van der Waals surface area contributed by atoms with Crippen LogP contribution < -0.4 is 10.5 Å². The number of rotatable bonds is 6. The molecule has 4 heterocycles. The van der Waals surface area contributed by atoms with Crippen molar-refractivity contribution in [3.8, 4) is 28.8 Å². The van der Waals surface area contributed by atoms with Gasteiger partial charge in [-0.05, 0) is 37.1 Å². The molecule has 6 rings (SSSR count). The lowest BCUT2D eigenvalue weighted by molar-refractivity contribution is -0.128. The molecule has 0 bridgehead atoms. The van der Waals surface area contributed by atoms with Crippen LogP contribution in [0.5, 0.6) is 11.5 Å². The van der Waals surface area contributed by atoms with Gasteiger partial charge in [0.05, 0.1) is 24.6 Å². The molecule has 11 heteroatoms. The molecule has 208 valence electrons. The molecule has 0 saturated carbocycles. The molecule has 2 aromatic heterocycles. The number of nitrogen functional groups attached to an aromatic ring is 1. The van der Waals surface area contributed by atoms with Gasteiger partial charge >= 0.3 is 0 Å². The van der Waals surface area contributed by atoms with Crippen LogP contribution in [0.1, 0.15) is 25.8 Å². The van der Waals surface area contributed by atoms with Crippen LogP contribution in [0.15, 0.2) is 66.5 Å². The summed E-state index contributed by atoms with van der Waals surface area (Å²) in [6.07, 6.45) is 4.47. The zero-order chi connectivity index (χ0) is 28.6. The molecule has 10 nitrogen and oxygen atoms in total. The first-order valence-electron chi connectivity index (χ1n) is 13.4. The molecule has 0 radical (unpaired) electrons. The van der Waals surface area contributed by atoms with Crippen LogP contribution in [0.4, 0.5) is 10.2 Å². The number of hydrogen-bond donors (Lipinski definition) is 1. The van der Waals surface area contributed by atoms with Crippen molar-refractivity contribution < 1.29 is 18.7 Å². The fraction of sp³-hybridized carbons (Fsp3) is 0.300. The van der Waals surface area contributed by atoms with Gasteiger partial charge in [0.25, 0.3) is 5.91 Å². The summed E-state index contributed by atoms with van der Waals surface area (Å²) in [6, 6.07) is 15.5. The molecule has 2 N–H and O–H groups in total. The molecule has 0 aliphatic carbocycles. The molecule has 4 aromatic rings. The number of piperidine rings is 1. The molecule has 2 saturated heterocycles. The minimum atomic E-state index is -0.536. The van der Waals surface area contributed by atoms with Gasteiger partial charge in [-0.15, -0.1) is 0 Å². The van der Waals surface area contributed by atoms with E-state index < -0.39 is 5.82 Å². The third-order valence-electron chi connectivity index (χ3n) is 7.43. The van der Waals surface area contributed by atoms with Gasteiger partial charge in [0.2, 0.25) is 0 Å². The van der Waals surface area contributed by atoms with E-state index in [1.807, 2.05) is 25.1 Å². The zero-order valence-corrected chi connectivity index (χ0v) is 22.5. The van der Waals surface area contributed by atoms with Crippen molar-refractivity contribution in [3.05, 3.63) is 72.3 Å². The molecule has 2 aliphatic rings. The van der Waals surface area contributed by atoms with E-state index in [1.54, 1.807) is 39.9 Å². The number of nitrogens with two attached hydrogens (primary N) is 1. The lowest BCUT2D eigenvalue weighted by atomic mass is 9.86. The van der Waals surface area contributed by atoms with Gasteiger partial charge in [-0.2, -0.15) is 10.4 Å². The van der Waals surface area contributed by atoms with Gasteiger partial charge in [0, 0.05) is 30.1 Å². The highest BCUT2D eigenvalue weighted by Gasteiger charge is 2.35. The summed E-state index contributed by atoms with van der Waals surface area (Å²) in [5.41, 5.74) is 7.03. The summed E-state index contributed by atoms with van der Waals surface area (Å²) in [5, 5.41) is 14.9. The van der Waals surface area contributed by atoms with Crippen molar-refractivity contribution in [1.82, 2.24) is 24.6 Å². The number of hydrogen-bond acceptors (Lipinski definition) is 8. The Morgan fingerprint density at radius 2 is 2.02 bits per heavy atom. The Labute approximate surface area is 235 Å². The van der Waals surface area contributed by atoms with E-state index >= 15 is 4.39 Å². The molecule has 2 aromatic carbocycles. The monoisotopic (exact) mass is 553 g/mol. The van der Waals surface area contributed by atoms with Crippen LogP contribution in [-0.2, 0) is 9.53 Å². The normalized spacial score (nSPS) is 18.5. The Morgan fingerprint density at radius 3 is 2.73 bits per heavy atom. The number of para-hydroxylation sites is 1. The van der Waals surface area contributed by atoms with Gasteiger partial charge < -0.3 is 20.1 Å². The first-order chi connectivity index (χ1) is 19.8. The van der Waals surface area contributed by atoms with Gasteiger partial charge in [-0.25, -0.2) is 19.0 Å². The number of benzene rings is 2. The molecule has 1 unspecified atom stereocenters. The van der Waals surface area contributed by atoms with Crippen LogP contribution >= 0.6 is 0 Å². The predicted octanol–water partition coefficient (Wildman–Crippen LogP) is 4.66. The lowest BCUT2D eigenvalue weighted by Crippen LogP contribution is -2.43. The Bertz CT molecular complexity index is 1690. The van der Waals surface area contributed by atoms with Crippen LogP contribution in [-0.4, -0.2) is 56.9 Å². The number of halogens is 1. The fourth-order valence-electron chi connectivity index (χ4n) is 5.32. The van der Waals surface area contributed by atoms with Gasteiger partial charge in [0.15, 0.2) is 5.65 Å². The number of amides is 1. The summed E-state index contributed by atoms with van der Waals surface area (Å²) < 4.78 is 28.3. The number of likely N-dealkylation sites (tertiary alicyclic amines) is 1. The fourth-order valence-corrected chi connectivity index (χ4v) is 5.32. The maximum Gasteiger partial charge on any atom is 0.264 e. The minimum absolute atomic E-state index is 0.105. The quantitative estimate of drug-likeness (QED) is 0.269. The van der Waals surface area contributed by atoms with Crippen molar-refractivity contribution in [2.75, 3.05) is 32.0 Å². The van der Waals surface area contributed by atoms with E-state index in [2.05, 4.69) is 16.0 Å². The average Bonchev–Trinajstić information content (AvgIpc) is 3.36. The molecular weight excluding hydrogens is 525 g/mol. The Kier molecular flexibility index (Phi) is 6.85. The van der Waals surface area contributed by atoms with Gasteiger partial charge in [0.1, 0.15) is 46.8 Å². The number of nitrogens with zero attached hydrogens (tertiary/aromatic N) is 6. The molecule has 1 amide bonds. The van der Waals surface area contributed by atoms with E-state index in [9.17, 15) is 10.1 Å². The van der Waals surface area contributed by atoms with Gasteiger partial charge in [-0.3, -0.25) is 4.79 Å². The standard InChI is InChI=1S/C30H28FN7O3/c1-30(16-40-17-30)13-19(14-32)29(39)37-11-5-6-20(15-37)38-28-25(27(33)34-18-35-28)26(36-38)23-10-9-22(12-24(23)31)41-21-7-3-2-4-8-21/h2-4,7-10,12-13,18,20H,5-6,11,15-17H2,1H3,(H2,33,34,35). The highest BCUT2D eigenvalue weighted by molar-refractivity contribution is 5.99. The highest BCUT2D eigenvalue weighted by atomic mass is 19.1. The lowest BCUT2D eigenvalue weighted by Gasteiger charge is -2.36. The Balaban J connectivity index is 1.32. The molecule has 0 spiro atoms. The van der Waals surface area contributed by atoms with E-state index in [0.29, 0.717) is 67.4 Å². The molecule has 41 heavy (non-hydrogen) atoms. The summed E-state index contributed by atoms with van der Waals surface area (Å²) in [7, 11) is 0. The number of ether oxygens (including phenoxy) is 2. The number of carbonyl (C=O) groups is 1. The maximum absolute atomic E-state index is 15.5. The van der Waals surface area contributed by atoms with Crippen LogP contribution in [0.2, 0.25) is 0 Å². The van der Waals surface area contributed by atoms with Crippen LogP contribution in [0.3, 0.4) is 0 Å².